The molecule has 0 spiro atoms. The van der Waals surface area contributed by atoms with Crippen molar-refractivity contribution >= 4 is 23.3 Å². The minimum Gasteiger partial charge on any atom is -0.478 e. The third-order valence-corrected chi connectivity index (χ3v) is 4.00. The molecule has 5 nitrogen and oxygen atoms in total. The summed E-state index contributed by atoms with van der Waals surface area (Å²) in [6, 6.07) is 8.05. The second-order valence-corrected chi connectivity index (χ2v) is 5.45. The van der Waals surface area contributed by atoms with Gasteiger partial charge in [-0.2, -0.15) is 0 Å². The van der Waals surface area contributed by atoms with Gasteiger partial charge in [-0.05, 0) is 18.4 Å². The number of benzene rings is 1. The van der Waals surface area contributed by atoms with Crippen LogP contribution in [0.25, 0.3) is 5.57 Å². The first-order valence-electron chi connectivity index (χ1n) is 7.28. The fourth-order valence-electron chi connectivity index (χ4n) is 2.87. The average molecular weight is 302 g/mol. The van der Waals surface area contributed by atoms with Gasteiger partial charge in [-0.15, -0.1) is 0 Å². The third-order valence-electron chi connectivity index (χ3n) is 4.00. The molecule has 1 fully saturated rings. The maximum Gasteiger partial charge on any atom is 0.336 e. The Labute approximate surface area is 128 Å². The summed E-state index contributed by atoms with van der Waals surface area (Å²) in [5.41, 5.74) is -0.346. The maximum atomic E-state index is 12.2. The largest absolute Gasteiger partial charge is 0.478 e. The monoisotopic (exact) mass is 302 g/mol. The number of hydrogen-bond donors (Lipinski definition) is 2. The van der Waals surface area contributed by atoms with E-state index in [1.807, 2.05) is 0 Å². The molecule has 2 N–H and O–H groups in total. The van der Waals surface area contributed by atoms with E-state index in [9.17, 15) is 24.6 Å². The van der Waals surface area contributed by atoms with Crippen LogP contribution in [-0.4, -0.2) is 27.9 Å². The summed E-state index contributed by atoms with van der Waals surface area (Å²) < 4.78 is 0. The standard InChI is InChI=1S/C17H18O5/c18-14(11-6-4-5-7-11)10-13(16(19)20)15(17(21)22)12-8-2-1-3-9-12/h1-3,8-9,11H,4-7,10H2,(H,19,20)(H,21,22). The van der Waals surface area contributed by atoms with Crippen LogP contribution in [0.4, 0.5) is 0 Å². The molecule has 0 bridgehead atoms. The normalized spacial score (nSPS) is 16.2. The molecule has 22 heavy (non-hydrogen) atoms. The fraction of sp³-hybridized carbons (Fsp3) is 0.353. The fourth-order valence-corrected chi connectivity index (χ4v) is 2.87. The second-order valence-electron chi connectivity index (χ2n) is 5.45. The summed E-state index contributed by atoms with van der Waals surface area (Å²) in [7, 11) is 0. The number of hydrogen-bond acceptors (Lipinski definition) is 3. The number of rotatable bonds is 6. The van der Waals surface area contributed by atoms with E-state index in [0.29, 0.717) is 5.56 Å². The molecule has 2 rings (SSSR count). The molecule has 0 amide bonds. The van der Waals surface area contributed by atoms with Crippen molar-refractivity contribution in [3.8, 4) is 0 Å². The molecule has 0 saturated heterocycles. The van der Waals surface area contributed by atoms with Gasteiger partial charge in [-0.3, -0.25) is 4.79 Å². The number of carboxylic acid groups (broad SMARTS) is 2. The summed E-state index contributed by atoms with van der Waals surface area (Å²) in [4.78, 5) is 35.2. The lowest BCUT2D eigenvalue weighted by atomic mass is 9.91. The Bertz CT molecular complexity index is 609. The quantitative estimate of drug-likeness (QED) is 0.788. The first kappa shape index (κ1) is 15.9. The first-order valence-corrected chi connectivity index (χ1v) is 7.28. The highest BCUT2D eigenvalue weighted by Crippen LogP contribution is 2.29. The molecule has 0 aliphatic heterocycles. The van der Waals surface area contributed by atoms with E-state index in [1.54, 1.807) is 18.2 Å². The van der Waals surface area contributed by atoms with Gasteiger partial charge in [0.2, 0.25) is 0 Å². The van der Waals surface area contributed by atoms with E-state index in [-0.39, 0.29) is 29.3 Å². The molecule has 5 heteroatoms. The first-order chi connectivity index (χ1) is 10.5. The predicted octanol–water partition coefficient (Wildman–Crippen LogP) is 2.76. The number of Topliss-reactive ketones (excluding diaryl/α,β-unsaturated/α-hetero) is 1. The average Bonchev–Trinajstić information content (AvgIpc) is 3.01. The molecule has 1 aliphatic carbocycles. The molecule has 116 valence electrons. The number of carboxylic acids is 2. The third kappa shape index (κ3) is 3.61. The Morgan fingerprint density at radius 2 is 1.55 bits per heavy atom. The van der Waals surface area contributed by atoms with Crippen LogP contribution < -0.4 is 0 Å². The van der Waals surface area contributed by atoms with Crippen LogP contribution in [0.1, 0.15) is 37.7 Å². The van der Waals surface area contributed by atoms with Crippen molar-refractivity contribution in [3.05, 3.63) is 41.5 Å². The number of carbonyl (C=O) groups excluding carboxylic acids is 1. The molecule has 0 unspecified atom stereocenters. The molecule has 1 aliphatic rings. The van der Waals surface area contributed by atoms with Crippen LogP contribution in [-0.2, 0) is 14.4 Å². The van der Waals surface area contributed by atoms with Crippen molar-refractivity contribution in [3.63, 3.8) is 0 Å². The van der Waals surface area contributed by atoms with Crippen molar-refractivity contribution < 1.29 is 24.6 Å². The van der Waals surface area contributed by atoms with Gasteiger partial charge in [-0.1, -0.05) is 43.2 Å². The summed E-state index contributed by atoms with van der Waals surface area (Å²) >= 11 is 0. The number of aliphatic carboxylic acids is 2. The van der Waals surface area contributed by atoms with Gasteiger partial charge < -0.3 is 10.2 Å². The Balaban J connectivity index is 2.39. The lowest BCUT2D eigenvalue weighted by Gasteiger charge is -2.11. The minimum absolute atomic E-state index is 0.139. The van der Waals surface area contributed by atoms with Gasteiger partial charge in [-0.25, -0.2) is 9.59 Å². The molecule has 0 radical (unpaired) electrons. The van der Waals surface area contributed by atoms with Crippen molar-refractivity contribution in [2.45, 2.75) is 32.1 Å². The van der Waals surface area contributed by atoms with Gasteiger partial charge in [0, 0.05) is 12.3 Å². The Kier molecular flexibility index (Phi) is 5.09. The molecular formula is C17H18O5. The van der Waals surface area contributed by atoms with Gasteiger partial charge in [0.25, 0.3) is 0 Å². The highest BCUT2D eigenvalue weighted by atomic mass is 16.4. The molecule has 0 atom stereocenters. The smallest absolute Gasteiger partial charge is 0.336 e. The lowest BCUT2D eigenvalue weighted by molar-refractivity contribution is -0.135. The van der Waals surface area contributed by atoms with Crippen LogP contribution in [0, 0.1) is 5.92 Å². The molecular weight excluding hydrogens is 284 g/mol. The summed E-state index contributed by atoms with van der Waals surface area (Å²) in [6.45, 7) is 0. The zero-order chi connectivity index (χ0) is 16.1. The molecule has 0 heterocycles. The van der Waals surface area contributed by atoms with E-state index in [2.05, 4.69) is 0 Å². The number of carbonyl (C=O) groups is 3. The van der Waals surface area contributed by atoms with E-state index >= 15 is 0 Å². The molecule has 1 aromatic rings. The molecule has 1 saturated carbocycles. The van der Waals surface area contributed by atoms with E-state index in [4.69, 9.17) is 0 Å². The minimum atomic E-state index is -1.35. The van der Waals surface area contributed by atoms with Crippen molar-refractivity contribution in [1.29, 1.82) is 0 Å². The van der Waals surface area contributed by atoms with Gasteiger partial charge in [0.1, 0.15) is 5.78 Å². The van der Waals surface area contributed by atoms with Crippen molar-refractivity contribution in [2.24, 2.45) is 5.92 Å². The van der Waals surface area contributed by atoms with E-state index in [1.165, 1.54) is 12.1 Å². The zero-order valence-electron chi connectivity index (χ0n) is 12.1. The van der Waals surface area contributed by atoms with Crippen LogP contribution in [0.3, 0.4) is 0 Å². The van der Waals surface area contributed by atoms with Crippen LogP contribution in [0.5, 0.6) is 0 Å². The van der Waals surface area contributed by atoms with Crippen LogP contribution in [0.2, 0.25) is 0 Å². The zero-order valence-corrected chi connectivity index (χ0v) is 12.1. The second kappa shape index (κ2) is 7.02. The molecule has 0 aromatic heterocycles. The van der Waals surface area contributed by atoms with Crippen LogP contribution in [0.15, 0.2) is 35.9 Å². The Morgan fingerprint density at radius 3 is 2.05 bits per heavy atom. The Morgan fingerprint density at radius 1 is 0.955 bits per heavy atom. The Hall–Kier alpha value is -2.43. The topological polar surface area (TPSA) is 91.7 Å². The maximum absolute atomic E-state index is 12.2. The highest BCUT2D eigenvalue weighted by Gasteiger charge is 2.28. The predicted molar refractivity (Wildman–Crippen MR) is 80.2 cm³/mol. The van der Waals surface area contributed by atoms with Crippen molar-refractivity contribution in [1.82, 2.24) is 0 Å². The summed E-state index contributed by atoms with van der Waals surface area (Å²) in [5.74, 6) is -3.00. The van der Waals surface area contributed by atoms with E-state index in [0.717, 1.165) is 25.7 Å². The SMILES string of the molecule is O=C(O)C(CC(=O)C1CCCC1)=C(C(=O)O)c1ccccc1. The van der Waals surface area contributed by atoms with Gasteiger partial charge >= 0.3 is 11.9 Å². The van der Waals surface area contributed by atoms with Crippen molar-refractivity contribution in [2.75, 3.05) is 0 Å². The number of ketones is 1. The lowest BCUT2D eigenvalue weighted by Crippen LogP contribution is -2.18. The van der Waals surface area contributed by atoms with Crippen LogP contribution >= 0.6 is 0 Å². The molecule has 1 aromatic carbocycles. The highest BCUT2D eigenvalue weighted by molar-refractivity contribution is 6.22. The summed E-state index contributed by atoms with van der Waals surface area (Å²) in [6.07, 6.45) is 3.12. The van der Waals surface area contributed by atoms with Gasteiger partial charge in [0.15, 0.2) is 0 Å². The van der Waals surface area contributed by atoms with E-state index < -0.39 is 11.9 Å². The summed E-state index contributed by atoms with van der Waals surface area (Å²) in [5, 5.41) is 18.8. The van der Waals surface area contributed by atoms with Gasteiger partial charge in [0.05, 0.1) is 11.1 Å².